The Morgan fingerprint density at radius 2 is 1.55 bits per heavy atom. The Labute approximate surface area is 141 Å². The molecule has 0 N–H and O–H groups in total. The first-order valence-electron chi connectivity index (χ1n) is 6.35. The SMILES string of the molecule is Cl.Cl.[CH3]/[Zr](=[SiH]/c1ccccc1)[CH]1C=Cc2ccccc21. The molecule has 1 atom stereocenters. The minimum atomic E-state index is -1.33. The molecule has 0 bridgehead atoms. The van der Waals surface area contributed by atoms with E-state index in [4.69, 9.17) is 0 Å². The van der Waals surface area contributed by atoms with Gasteiger partial charge in [0.25, 0.3) is 0 Å². The maximum absolute atomic E-state index is 2.58. The zero-order chi connectivity index (χ0) is 12.4. The molecule has 0 aliphatic heterocycles. The van der Waals surface area contributed by atoms with Gasteiger partial charge in [0.1, 0.15) is 0 Å². The Kier molecular flexibility index (Phi) is 7.47. The maximum atomic E-state index is 2.58. The molecule has 4 heteroatoms. The molecule has 0 aromatic heterocycles. The van der Waals surface area contributed by atoms with Crippen LogP contribution in [-0.2, 0) is 20.4 Å². The molecule has 0 saturated heterocycles. The third-order valence-corrected chi connectivity index (χ3v) is 16.2. The molecule has 104 valence electrons. The summed E-state index contributed by atoms with van der Waals surface area (Å²) >= 11 is -1.33. The van der Waals surface area contributed by atoms with Crippen molar-refractivity contribution >= 4 is 42.2 Å². The predicted molar refractivity (Wildman–Crippen MR) is 91.8 cm³/mol. The van der Waals surface area contributed by atoms with Crippen molar-refractivity contribution in [1.29, 1.82) is 0 Å². The van der Waals surface area contributed by atoms with E-state index in [1.165, 1.54) is 5.56 Å². The predicted octanol–water partition coefficient (Wildman–Crippen LogP) is 3.94. The van der Waals surface area contributed by atoms with Gasteiger partial charge in [-0.05, 0) is 0 Å². The molecule has 2 aromatic rings. The molecular formula is C16H18Cl2SiZr. The first-order chi connectivity index (χ1) is 8.84. The second-order valence-electron chi connectivity index (χ2n) is 4.76. The second kappa shape index (κ2) is 8.34. The van der Waals surface area contributed by atoms with Gasteiger partial charge in [-0.1, -0.05) is 0 Å². The monoisotopic (exact) mass is 398 g/mol. The van der Waals surface area contributed by atoms with Gasteiger partial charge in [0.05, 0.1) is 0 Å². The van der Waals surface area contributed by atoms with E-state index in [0.29, 0.717) is 6.16 Å². The molecule has 20 heavy (non-hydrogen) atoms. The minimum absolute atomic E-state index is 0. The summed E-state index contributed by atoms with van der Waals surface area (Å²) in [7, 11) is 0. The van der Waals surface area contributed by atoms with Gasteiger partial charge in [-0.15, -0.1) is 24.8 Å². The summed E-state index contributed by atoms with van der Waals surface area (Å²) in [5, 5.41) is 1.60. The van der Waals surface area contributed by atoms with Crippen molar-refractivity contribution in [3.8, 4) is 0 Å². The molecule has 1 aliphatic carbocycles. The Hall–Kier alpha value is -0.140. The molecule has 0 nitrogen and oxygen atoms in total. The van der Waals surface area contributed by atoms with Crippen LogP contribution in [0.4, 0.5) is 0 Å². The van der Waals surface area contributed by atoms with E-state index in [2.05, 4.69) is 71.4 Å². The van der Waals surface area contributed by atoms with Crippen LogP contribution in [0.3, 0.4) is 0 Å². The first kappa shape index (κ1) is 17.9. The van der Waals surface area contributed by atoms with Gasteiger partial charge in [-0.25, -0.2) is 0 Å². The van der Waals surface area contributed by atoms with Crippen molar-refractivity contribution < 1.29 is 20.4 Å². The van der Waals surface area contributed by atoms with Gasteiger partial charge in [0, 0.05) is 0 Å². The summed E-state index contributed by atoms with van der Waals surface area (Å²) in [6.07, 6.45) is 5.33. The van der Waals surface area contributed by atoms with Crippen LogP contribution in [0.5, 0.6) is 0 Å². The molecule has 0 radical (unpaired) electrons. The van der Waals surface area contributed by atoms with E-state index >= 15 is 0 Å². The van der Waals surface area contributed by atoms with Crippen molar-refractivity contribution in [2.75, 3.05) is 0 Å². The van der Waals surface area contributed by atoms with E-state index in [1.54, 1.807) is 10.8 Å². The molecule has 0 fully saturated rings. The van der Waals surface area contributed by atoms with Gasteiger partial charge >= 0.3 is 118 Å². The van der Waals surface area contributed by atoms with Crippen molar-refractivity contribution in [3.05, 3.63) is 71.8 Å². The fraction of sp³-hybridized carbons (Fsp3) is 0.125. The van der Waals surface area contributed by atoms with Crippen LogP contribution in [0.2, 0.25) is 4.63 Å². The summed E-state index contributed by atoms with van der Waals surface area (Å²) in [6.45, 7) is 0. The average Bonchev–Trinajstić information content (AvgIpc) is 2.84. The average molecular weight is 401 g/mol. The third-order valence-electron chi connectivity index (χ3n) is 3.48. The Morgan fingerprint density at radius 1 is 0.900 bits per heavy atom. The molecule has 0 saturated carbocycles. The number of allylic oxidation sites excluding steroid dienone is 1. The summed E-state index contributed by atoms with van der Waals surface area (Å²) < 4.78 is 3.39. The standard InChI is InChI=1S/C9H7.C6H6Si.CH3.2ClH.Zr/c1-2-5-9-7-3-6-8(9)4-1;7-6-4-2-1-3-5-6;;;;/h1-7H;1-5,7H;1H3;2*1H;. The van der Waals surface area contributed by atoms with Gasteiger partial charge < -0.3 is 0 Å². The number of benzene rings is 2. The molecule has 1 aliphatic rings. The zero-order valence-corrected chi connectivity index (χ0v) is 16.6. The van der Waals surface area contributed by atoms with E-state index in [1.807, 2.05) is 0 Å². The van der Waals surface area contributed by atoms with Gasteiger partial charge in [-0.3, -0.25) is 0 Å². The molecule has 3 rings (SSSR count). The summed E-state index contributed by atoms with van der Waals surface area (Å²) in [6, 6.07) is 20.0. The fourth-order valence-corrected chi connectivity index (χ4v) is 14.8. The summed E-state index contributed by atoms with van der Waals surface area (Å²) in [4.78, 5) is 0. The Bertz CT molecular complexity index is 623. The van der Waals surface area contributed by atoms with Crippen molar-refractivity contribution in [2.45, 2.75) is 8.26 Å². The molecular weight excluding hydrogens is 382 g/mol. The number of fused-ring (bicyclic) bond motifs is 1. The quantitative estimate of drug-likeness (QED) is 0.670. The van der Waals surface area contributed by atoms with E-state index in [0.717, 1.165) is 3.63 Å². The van der Waals surface area contributed by atoms with Crippen molar-refractivity contribution in [1.82, 2.24) is 0 Å². The van der Waals surface area contributed by atoms with E-state index < -0.39 is 20.4 Å². The van der Waals surface area contributed by atoms with Gasteiger partial charge in [0.2, 0.25) is 0 Å². The van der Waals surface area contributed by atoms with Crippen LogP contribution in [0, 0.1) is 0 Å². The van der Waals surface area contributed by atoms with Crippen LogP contribution in [0.25, 0.3) is 6.08 Å². The number of hydrogen-bond acceptors (Lipinski definition) is 0. The molecule has 0 spiro atoms. The molecule has 0 heterocycles. The summed E-state index contributed by atoms with van der Waals surface area (Å²) in [5.74, 6) is 0. The van der Waals surface area contributed by atoms with Crippen LogP contribution in [-0.4, -0.2) is 6.16 Å². The van der Waals surface area contributed by atoms with Crippen LogP contribution in [0.1, 0.15) is 14.8 Å². The number of hydrogen-bond donors (Lipinski definition) is 0. The molecule has 2 aromatic carbocycles. The van der Waals surface area contributed by atoms with E-state index in [9.17, 15) is 0 Å². The number of rotatable bonds is 2. The number of halogens is 2. The van der Waals surface area contributed by atoms with Gasteiger partial charge in [-0.2, -0.15) is 0 Å². The fourth-order valence-electron chi connectivity index (χ4n) is 2.55. The molecule has 0 amide bonds. The molecule has 1 unspecified atom stereocenters. The third kappa shape index (κ3) is 3.95. The van der Waals surface area contributed by atoms with Crippen molar-refractivity contribution in [3.63, 3.8) is 0 Å². The van der Waals surface area contributed by atoms with Crippen LogP contribution < -0.4 is 5.19 Å². The van der Waals surface area contributed by atoms with Crippen molar-refractivity contribution in [2.24, 2.45) is 0 Å². The topological polar surface area (TPSA) is 0 Å². The Balaban J connectivity index is 0.000001000. The van der Waals surface area contributed by atoms with Crippen LogP contribution in [0.15, 0.2) is 60.7 Å². The summed E-state index contributed by atoms with van der Waals surface area (Å²) in [5.41, 5.74) is 3.05. The second-order valence-corrected chi connectivity index (χ2v) is 18.4. The normalized spacial score (nSPS) is 16.1. The first-order valence-corrected chi connectivity index (χ1v) is 15.6. The Morgan fingerprint density at radius 3 is 2.30 bits per heavy atom. The van der Waals surface area contributed by atoms with Gasteiger partial charge in [0.15, 0.2) is 0 Å². The zero-order valence-electron chi connectivity index (χ0n) is 11.3. The van der Waals surface area contributed by atoms with Crippen LogP contribution >= 0.6 is 24.8 Å². The van der Waals surface area contributed by atoms with E-state index in [-0.39, 0.29) is 24.8 Å².